The molecule has 2 aromatic rings. The molecule has 10 heteroatoms. The van der Waals surface area contributed by atoms with Gasteiger partial charge in [0.2, 0.25) is 10.0 Å². The molecule has 1 aliphatic rings. The number of nitrogens with two attached hydrogens (primary N) is 1. The summed E-state index contributed by atoms with van der Waals surface area (Å²) in [5.41, 5.74) is -0.433. The van der Waals surface area contributed by atoms with Crippen molar-refractivity contribution in [3.8, 4) is 11.8 Å². The van der Waals surface area contributed by atoms with E-state index in [-0.39, 0.29) is 28.1 Å². The average molecular weight is 370 g/mol. The van der Waals surface area contributed by atoms with E-state index in [4.69, 9.17) is 5.14 Å². The molecule has 6 nitrogen and oxygen atoms in total. The quantitative estimate of drug-likeness (QED) is 0.876. The highest BCUT2D eigenvalue weighted by Crippen LogP contribution is 2.37. The van der Waals surface area contributed by atoms with Crippen LogP contribution in [0.3, 0.4) is 0 Å². The van der Waals surface area contributed by atoms with Gasteiger partial charge in [0.25, 0.3) is 0 Å². The fourth-order valence-electron chi connectivity index (χ4n) is 2.99. The molecule has 0 spiro atoms. The van der Waals surface area contributed by atoms with E-state index in [1.165, 1.54) is 6.07 Å². The Balaban J connectivity index is 2.24. The molecule has 1 aliphatic carbocycles. The van der Waals surface area contributed by atoms with E-state index in [2.05, 4.69) is 5.10 Å². The number of benzene rings is 1. The maximum Gasteiger partial charge on any atom is 0.435 e. The Morgan fingerprint density at radius 2 is 1.92 bits per heavy atom. The molecule has 0 radical (unpaired) electrons. The molecule has 0 saturated carbocycles. The van der Waals surface area contributed by atoms with Crippen LogP contribution in [-0.4, -0.2) is 18.2 Å². The summed E-state index contributed by atoms with van der Waals surface area (Å²) in [6.07, 6.45) is -2.58. The van der Waals surface area contributed by atoms with Gasteiger partial charge >= 0.3 is 6.18 Å². The normalized spacial score (nSPS) is 14.8. The predicted octanol–water partition coefficient (Wildman–Crippen LogP) is 2.29. The maximum absolute atomic E-state index is 13.3. The molecule has 0 saturated heterocycles. The van der Waals surface area contributed by atoms with Gasteiger partial charge in [0.05, 0.1) is 16.1 Å². The first kappa shape index (κ1) is 17.4. The number of hydrogen-bond acceptors (Lipinski definition) is 4. The van der Waals surface area contributed by atoms with Crippen LogP contribution in [0.1, 0.15) is 35.4 Å². The van der Waals surface area contributed by atoms with Crippen LogP contribution in [0.2, 0.25) is 0 Å². The zero-order valence-electron chi connectivity index (χ0n) is 12.8. The number of alkyl halides is 3. The smallest absolute Gasteiger partial charge is 0.236 e. The lowest BCUT2D eigenvalue weighted by Crippen LogP contribution is -2.14. The topological polar surface area (TPSA) is 102 Å². The molecule has 0 unspecified atom stereocenters. The Morgan fingerprint density at radius 1 is 1.24 bits per heavy atom. The standard InChI is InChI=1S/C15H13F3N4O2S/c16-15(17,18)14-11-3-1-2-4-13(11)22(21-14)12-6-5-10(25(20,23)24)7-9(12)8-19/h5-7H,1-4H2,(H2,20,23,24). The summed E-state index contributed by atoms with van der Waals surface area (Å²) in [5.74, 6) is 0. The van der Waals surface area contributed by atoms with E-state index < -0.39 is 21.9 Å². The minimum atomic E-state index is -4.60. The van der Waals surface area contributed by atoms with Gasteiger partial charge in [-0.1, -0.05) is 0 Å². The fourth-order valence-corrected chi connectivity index (χ4v) is 3.53. The lowest BCUT2D eigenvalue weighted by Gasteiger charge is -2.15. The summed E-state index contributed by atoms with van der Waals surface area (Å²) >= 11 is 0. The van der Waals surface area contributed by atoms with Gasteiger partial charge < -0.3 is 0 Å². The van der Waals surface area contributed by atoms with Crippen LogP contribution in [0.25, 0.3) is 5.69 Å². The Morgan fingerprint density at radius 3 is 2.52 bits per heavy atom. The van der Waals surface area contributed by atoms with E-state index in [1.54, 1.807) is 6.07 Å². The summed E-state index contributed by atoms with van der Waals surface area (Å²) < 4.78 is 63.7. The second kappa shape index (κ2) is 5.86. The molecule has 132 valence electrons. The summed E-state index contributed by atoms with van der Waals surface area (Å²) in [4.78, 5) is -0.287. The second-order valence-electron chi connectivity index (χ2n) is 5.73. The monoisotopic (exact) mass is 370 g/mol. The molecule has 0 amide bonds. The van der Waals surface area contributed by atoms with E-state index in [0.29, 0.717) is 25.0 Å². The molecule has 1 heterocycles. The molecule has 2 N–H and O–H groups in total. The Bertz CT molecular complexity index is 987. The van der Waals surface area contributed by atoms with Crippen molar-refractivity contribution >= 4 is 10.0 Å². The van der Waals surface area contributed by atoms with Crippen LogP contribution in [0.15, 0.2) is 23.1 Å². The summed E-state index contributed by atoms with van der Waals surface area (Å²) in [6, 6.07) is 5.23. The fraction of sp³-hybridized carbons (Fsp3) is 0.333. The molecular formula is C15H13F3N4O2S. The number of sulfonamides is 1. The Labute approximate surface area is 141 Å². The van der Waals surface area contributed by atoms with Crippen molar-refractivity contribution < 1.29 is 21.6 Å². The number of hydrogen-bond donors (Lipinski definition) is 1. The molecule has 0 atom stereocenters. The van der Waals surface area contributed by atoms with Crippen molar-refractivity contribution in [2.24, 2.45) is 5.14 Å². The minimum absolute atomic E-state index is 0.101. The van der Waals surface area contributed by atoms with E-state index >= 15 is 0 Å². The molecule has 1 aromatic carbocycles. The van der Waals surface area contributed by atoms with Crippen molar-refractivity contribution in [2.75, 3.05) is 0 Å². The van der Waals surface area contributed by atoms with Gasteiger partial charge in [-0.05, 0) is 43.9 Å². The van der Waals surface area contributed by atoms with Crippen molar-refractivity contribution in [2.45, 2.75) is 36.8 Å². The molecular weight excluding hydrogens is 357 g/mol. The van der Waals surface area contributed by atoms with Gasteiger partial charge in [0, 0.05) is 11.3 Å². The number of halogens is 3. The van der Waals surface area contributed by atoms with Gasteiger partial charge in [0.1, 0.15) is 6.07 Å². The highest BCUT2D eigenvalue weighted by atomic mass is 32.2. The number of aromatic nitrogens is 2. The number of nitrogens with zero attached hydrogens (tertiary/aromatic N) is 3. The minimum Gasteiger partial charge on any atom is -0.236 e. The average Bonchev–Trinajstić information content (AvgIpc) is 2.93. The highest BCUT2D eigenvalue weighted by molar-refractivity contribution is 7.89. The third kappa shape index (κ3) is 3.12. The number of nitriles is 1. The van der Waals surface area contributed by atoms with Crippen molar-refractivity contribution in [3.63, 3.8) is 0 Å². The van der Waals surface area contributed by atoms with E-state index in [9.17, 15) is 26.9 Å². The first-order valence-electron chi connectivity index (χ1n) is 7.38. The molecule has 0 aliphatic heterocycles. The van der Waals surface area contributed by atoms with Crippen LogP contribution >= 0.6 is 0 Å². The third-order valence-electron chi connectivity index (χ3n) is 4.09. The van der Waals surface area contributed by atoms with Crippen LogP contribution < -0.4 is 5.14 Å². The lowest BCUT2D eigenvalue weighted by atomic mass is 9.95. The predicted molar refractivity (Wildman–Crippen MR) is 81.3 cm³/mol. The van der Waals surface area contributed by atoms with Crippen molar-refractivity contribution in [3.05, 3.63) is 40.7 Å². The van der Waals surface area contributed by atoms with E-state index in [0.717, 1.165) is 16.8 Å². The number of fused-ring (bicyclic) bond motifs is 1. The first-order chi connectivity index (χ1) is 11.6. The van der Waals surface area contributed by atoms with Gasteiger partial charge in [-0.2, -0.15) is 23.5 Å². The van der Waals surface area contributed by atoms with Crippen LogP contribution in [0.5, 0.6) is 0 Å². The lowest BCUT2D eigenvalue weighted by molar-refractivity contribution is -0.142. The van der Waals surface area contributed by atoms with Gasteiger partial charge in [0.15, 0.2) is 5.69 Å². The van der Waals surface area contributed by atoms with Crippen molar-refractivity contribution in [1.82, 2.24) is 9.78 Å². The number of rotatable bonds is 2. The Hall–Kier alpha value is -2.38. The third-order valence-corrected chi connectivity index (χ3v) is 5.00. The first-order valence-corrected chi connectivity index (χ1v) is 8.93. The molecule has 0 bridgehead atoms. The number of primary sulfonamides is 1. The van der Waals surface area contributed by atoms with E-state index in [1.807, 2.05) is 0 Å². The van der Waals surface area contributed by atoms with Crippen LogP contribution in [-0.2, 0) is 29.0 Å². The highest BCUT2D eigenvalue weighted by Gasteiger charge is 2.40. The zero-order chi connectivity index (χ0) is 18.4. The summed E-state index contributed by atoms with van der Waals surface area (Å²) in [6.45, 7) is 0. The molecule has 3 rings (SSSR count). The maximum atomic E-state index is 13.3. The van der Waals surface area contributed by atoms with Gasteiger partial charge in [-0.25, -0.2) is 18.2 Å². The molecule has 0 fully saturated rings. The van der Waals surface area contributed by atoms with Gasteiger partial charge in [-0.3, -0.25) is 0 Å². The molecule has 25 heavy (non-hydrogen) atoms. The molecule has 1 aromatic heterocycles. The largest absolute Gasteiger partial charge is 0.435 e. The Kier molecular flexibility index (Phi) is 4.09. The summed E-state index contributed by atoms with van der Waals surface area (Å²) in [7, 11) is -4.03. The summed E-state index contributed by atoms with van der Waals surface area (Å²) in [5, 5.41) is 18.0. The zero-order valence-corrected chi connectivity index (χ0v) is 13.7. The van der Waals surface area contributed by atoms with Gasteiger partial charge in [-0.15, -0.1) is 0 Å². The van der Waals surface area contributed by atoms with Crippen LogP contribution in [0.4, 0.5) is 13.2 Å². The van der Waals surface area contributed by atoms with Crippen molar-refractivity contribution in [1.29, 1.82) is 5.26 Å². The van der Waals surface area contributed by atoms with Crippen LogP contribution in [0, 0.1) is 11.3 Å². The SMILES string of the molecule is N#Cc1cc(S(N)(=O)=O)ccc1-n1nc(C(F)(F)F)c2c1CCCC2. The second-order valence-corrected chi connectivity index (χ2v) is 7.29.